The zero-order valence-electron chi connectivity index (χ0n) is 42.7. The Morgan fingerprint density at radius 1 is 0.111 bits per heavy atom. The van der Waals surface area contributed by atoms with Crippen LogP contribution in [0, 0.1) is 0 Å². The molecule has 1 nitrogen and oxygen atoms in total. The Hall–Kier alpha value is -4.75. The van der Waals surface area contributed by atoms with Crippen molar-refractivity contribution in [1.29, 1.82) is 0 Å². The Morgan fingerprint density at radius 3 is 0.667 bits per heavy atom. The van der Waals surface area contributed by atoms with Crippen molar-refractivity contribution in [2.75, 3.05) is 0 Å². The summed E-state index contributed by atoms with van der Waals surface area (Å²) in [6.07, 6.45) is 0. The van der Waals surface area contributed by atoms with Crippen molar-refractivity contribution < 1.29 is 4.42 Å². The van der Waals surface area contributed by atoms with Crippen LogP contribution in [0.3, 0.4) is 0 Å². The summed E-state index contributed by atoms with van der Waals surface area (Å²) < 4.78 is 6.38. The van der Waals surface area contributed by atoms with Crippen LogP contribution in [-0.2, 0) is 0 Å². The Balaban J connectivity index is 1.33. The van der Waals surface area contributed by atoms with Crippen LogP contribution in [-0.4, -0.2) is 235 Å². The molecule has 0 aliphatic rings. The standard InChI is InChI=1S/C50B30O/c51-19-11-7(8-12(31(63)30(11)62)35(67)45(77)44(76)27(8)59)22(54)32(64)13(19)15-33(65)28(60)10(29(61)34(15)66)2-5-3(23(55)40(72)42(74)25(5)57)1(4-6(2)26(58)43(75)41(73)24(4)56)9-20(52)18-17-21(53)14-16(37(69)47(79)46(78)36(14)68)39(71)49(17)81-50(18)48(80)38(9)70. The summed E-state index contributed by atoms with van der Waals surface area (Å²) in [6.45, 7) is 0. The van der Waals surface area contributed by atoms with E-state index in [2.05, 4.69) is 0 Å². The van der Waals surface area contributed by atoms with E-state index in [0.717, 1.165) is 0 Å². The van der Waals surface area contributed by atoms with Crippen LogP contribution in [0.15, 0.2) is 4.42 Å². The Bertz CT molecular complexity index is 4820. The molecular weight excluding hydrogens is 941 g/mol. The lowest BCUT2D eigenvalue weighted by Gasteiger charge is -2.33. The molecular formula is C50B30O. The van der Waals surface area contributed by atoms with Crippen molar-refractivity contribution in [3.63, 3.8) is 0 Å². The van der Waals surface area contributed by atoms with Gasteiger partial charge in [0, 0.05) is 10.8 Å². The monoisotopic (exact) mass is 946 g/mol. The fraction of sp³-hybridized carbons (Fsp3) is 0. The van der Waals surface area contributed by atoms with Crippen molar-refractivity contribution >= 4 is 475 Å². The lowest BCUT2D eigenvalue weighted by molar-refractivity contribution is 0.675. The minimum Gasteiger partial charge on any atom is -0.457 e. The molecule has 1 heterocycles. The van der Waals surface area contributed by atoms with Crippen molar-refractivity contribution in [2.45, 2.75) is 0 Å². The molecule has 0 aliphatic heterocycles. The molecule has 0 N–H and O–H groups in total. The third-order valence-electron chi connectivity index (χ3n) is 16.0. The highest BCUT2D eigenvalue weighted by Crippen LogP contribution is 2.40. The van der Waals surface area contributed by atoms with E-state index in [1.807, 2.05) is 0 Å². The van der Waals surface area contributed by atoms with E-state index in [4.69, 9.17) is 240 Å². The smallest absolute Gasteiger partial charge is 0.128 e. The second-order valence-corrected chi connectivity index (χ2v) is 19.9. The predicted molar refractivity (Wildman–Crippen MR) is 379 cm³/mol. The lowest BCUT2D eigenvalue weighted by Crippen LogP contribution is -2.52. The van der Waals surface area contributed by atoms with Gasteiger partial charge >= 0.3 is 0 Å². The van der Waals surface area contributed by atoms with Gasteiger partial charge in [-0.3, -0.25) is 0 Å². The van der Waals surface area contributed by atoms with Crippen LogP contribution < -0.4 is 164 Å². The van der Waals surface area contributed by atoms with E-state index in [1.54, 1.807) is 0 Å². The highest BCUT2D eigenvalue weighted by atomic mass is 16.3. The van der Waals surface area contributed by atoms with E-state index in [-0.39, 0.29) is 273 Å². The first-order valence-electron chi connectivity index (χ1n) is 23.8. The Kier molecular flexibility index (Phi) is 13.9. The van der Waals surface area contributed by atoms with Crippen molar-refractivity contribution in [1.82, 2.24) is 0 Å². The minimum absolute atomic E-state index is 0.0247. The molecule has 11 rings (SSSR count). The molecule has 0 spiro atoms. The number of fused-ring (bicyclic) bond motifs is 9. The Morgan fingerprint density at radius 2 is 0.296 bits per heavy atom. The van der Waals surface area contributed by atoms with Crippen molar-refractivity contribution in [3.8, 4) is 33.4 Å². The molecule has 296 valence electrons. The quantitative estimate of drug-likeness (QED) is 0.0977. The van der Waals surface area contributed by atoms with Gasteiger partial charge in [-0.25, -0.2) is 0 Å². The van der Waals surface area contributed by atoms with Crippen LogP contribution in [0.2, 0.25) is 0 Å². The van der Waals surface area contributed by atoms with Gasteiger partial charge in [-0.05, 0) is 92.7 Å². The zero-order valence-corrected chi connectivity index (χ0v) is 42.7. The molecule has 0 atom stereocenters. The first-order valence-corrected chi connectivity index (χ1v) is 23.8. The molecule has 31 heteroatoms. The largest absolute Gasteiger partial charge is 0.457 e. The zero-order chi connectivity index (χ0) is 59.6. The van der Waals surface area contributed by atoms with Gasteiger partial charge in [0.05, 0.1) is 0 Å². The summed E-state index contributed by atoms with van der Waals surface area (Å²) in [7, 11) is 205. The number of rotatable bonds is 3. The van der Waals surface area contributed by atoms with Crippen LogP contribution >= 0.6 is 0 Å². The molecule has 0 fully saturated rings. The summed E-state index contributed by atoms with van der Waals surface area (Å²) in [6, 6.07) is 0. The third kappa shape index (κ3) is 7.30. The van der Waals surface area contributed by atoms with Gasteiger partial charge in [-0.2, -0.15) is 0 Å². The molecule has 0 aliphatic carbocycles. The summed E-state index contributed by atoms with van der Waals surface area (Å²) >= 11 is 0. The number of hydrogen-bond acceptors (Lipinski definition) is 1. The average Bonchev–Trinajstić information content (AvgIpc) is 3.43. The van der Waals surface area contributed by atoms with E-state index in [0.29, 0.717) is 0 Å². The fourth-order valence-electron chi connectivity index (χ4n) is 11.8. The van der Waals surface area contributed by atoms with Crippen LogP contribution in [0.5, 0.6) is 0 Å². The van der Waals surface area contributed by atoms with Gasteiger partial charge in [-0.1, -0.05) is 115 Å². The molecule has 60 radical (unpaired) electrons. The highest BCUT2D eigenvalue weighted by molar-refractivity contribution is 6.79. The van der Waals surface area contributed by atoms with Gasteiger partial charge < -0.3 is 4.42 Å². The third-order valence-corrected chi connectivity index (χ3v) is 16.0. The maximum Gasteiger partial charge on any atom is 0.128 e. The minimum atomic E-state index is -0.297. The molecule has 81 heavy (non-hydrogen) atoms. The van der Waals surface area contributed by atoms with E-state index >= 15 is 0 Å². The topological polar surface area (TPSA) is 13.1 Å². The van der Waals surface area contributed by atoms with Crippen LogP contribution in [0.1, 0.15) is 0 Å². The SMILES string of the molecule is [B]c1c([B])c(-c2c3c([B])c([B])c([B])c([B])c3c(-c3c([B])c([B])c4oc5c([B])c6c([B])c([B])c([B])c([B])c6c([B])c5c4c3[B])c3c([B])c([B])c([B])c([B])c23)c([B])c([B])c1-c1c([B])c([B])c2c(c1[B])c([B])c([B])c1c([B])c([B])c([B])c([B])c12. The van der Waals surface area contributed by atoms with Gasteiger partial charge in [0.1, 0.15) is 247 Å². The first kappa shape index (κ1) is 58.0. The van der Waals surface area contributed by atoms with Crippen molar-refractivity contribution in [3.05, 3.63) is 0 Å². The second kappa shape index (κ2) is 19.4. The van der Waals surface area contributed by atoms with E-state index < -0.39 is 0 Å². The average molecular weight is 941 g/mol. The van der Waals surface area contributed by atoms with Gasteiger partial charge in [0.15, 0.2) is 0 Å². The number of hydrogen-bond donors (Lipinski definition) is 0. The summed E-state index contributed by atoms with van der Waals surface area (Å²) in [5, 5.41) is 0.759. The normalized spacial score (nSPS) is 12.0. The van der Waals surface area contributed by atoms with Crippen molar-refractivity contribution in [2.24, 2.45) is 0 Å². The second-order valence-electron chi connectivity index (χ2n) is 19.9. The van der Waals surface area contributed by atoms with Crippen LogP contribution in [0.25, 0.3) is 109 Å². The molecule has 10 aromatic carbocycles. The van der Waals surface area contributed by atoms with Gasteiger partial charge in [0.2, 0.25) is 0 Å². The highest BCUT2D eigenvalue weighted by Gasteiger charge is 2.32. The first-order chi connectivity index (χ1) is 37.8. The predicted octanol–water partition coefficient (Wildman–Crippen LogP) is -21.8. The van der Waals surface area contributed by atoms with Gasteiger partial charge in [-0.15, -0.1) is 43.7 Å². The molecule has 0 saturated heterocycles. The van der Waals surface area contributed by atoms with E-state index in [1.165, 1.54) is 0 Å². The number of furan rings is 1. The Labute approximate surface area is 509 Å². The van der Waals surface area contributed by atoms with E-state index in [9.17, 15) is 0 Å². The molecule has 0 unspecified atom stereocenters. The fourth-order valence-corrected chi connectivity index (χ4v) is 11.8. The van der Waals surface area contributed by atoms with Crippen LogP contribution in [0.4, 0.5) is 0 Å². The molecule has 0 bridgehead atoms. The summed E-state index contributed by atoms with van der Waals surface area (Å²) in [4.78, 5) is 0. The molecule has 1 aromatic heterocycles. The maximum atomic E-state index is 7.37. The molecule has 0 saturated carbocycles. The number of benzene rings is 10. The molecule has 0 amide bonds. The molecule has 11 aromatic rings. The maximum absolute atomic E-state index is 7.37. The summed E-state index contributed by atoms with van der Waals surface area (Å²) in [5.74, 6) is 0. The van der Waals surface area contributed by atoms with Gasteiger partial charge in [0.25, 0.3) is 0 Å². The summed E-state index contributed by atoms with van der Waals surface area (Å²) in [5.41, 5.74) is -5.18. The lowest BCUT2D eigenvalue weighted by atomic mass is 9.55.